The van der Waals surface area contributed by atoms with Gasteiger partial charge in [-0.25, -0.2) is 9.55 Å². The van der Waals surface area contributed by atoms with Crippen molar-refractivity contribution in [3.63, 3.8) is 0 Å². The van der Waals surface area contributed by atoms with E-state index in [1.54, 1.807) is 0 Å². The predicted octanol–water partition coefficient (Wildman–Crippen LogP) is -3.60. The van der Waals surface area contributed by atoms with Crippen molar-refractivity contribution < 1.29 is 53.9 Å². The van der Waals surface area contributed by atoms with E-state index in [0.29, 0.717) is 9.24 Å². The molecule has 10 heteroatoms. The number of rotatable bonds is 4. The summed E-state index contributed by atoms with van der Waals surface area (Å²) in [6.45, 7) is 3.30. The summed E-state index contributed by atoms with van der Waals surface area (Å²) in [4.78, 5) is 30.3. The van der Waals surface area contributed by atoms with Crippen molar-refractivity contribution in [3.8, 4) is 0 Å². The molecule has 0 bridgehead atoms. The molecule has 7 nitrogen and oxygen atoms in total. The number of carbonyl (C=O) groups is 2. The molecule has 136 valence electrons. The molecule has 0 spiro atoms. The third kappa shape index (κ3) is 3.24. The number of carbonyl (C=O) groups excluding carboxylic acids is 2. The minimum absolute atomic E-state index is 0. The number of aryl methyl sites for hydroxylation is 1. The van der Waals surface area contributed by atoms with Crippen LogP contribution in [0.1, 0.15) is 13.8 Å². The predicted molar refractivity (Wildman–Crippen MR) is 91.4 cm³/mol. The van der Waals surface area contributed by atoms with Crippen LogP contribution in [0.2, 0.25) is 0 Å². The molecule has 0 saturated carbocycles. The Labute approximate surface area is 186 Å². The second kappa shape index (κ2) is 7.46. The zero-order valence-corrected chi connectivity index (χ0v) is 19.0. The topological polar surface area (TPSA) is 100 Å². The number of carboxylic acids is 1. The summed E-state index contributed by atoms with van der Waals surface area (Å²) in [7, 11) is 1.92. The van der Waals surface area contributed by atoms with E-state index in [2.05, 4.69) is 4.98 Å². The van der Waals surface area contributed by atoms with E-state index in [0.717, 1.165) is 10.2 Å². The molecule has 1 fully saturated rings. The first-order valence-electron chi connectivity index (χ1n) is 8.17. The van der Waals surface area contributed by atoms with Crippen molar-refractivity contribution in [3.05, 3.63) is 29.1 Å². The zero-order valence-electron chi connectivity index (χ0n) is 15.3. The quantitative estimate of drug-likeness (QED) is 0.292. The van der Waals surface area contributed by atoms with E-state index in [-0.39, 0.29) is 41.2 Å². The standard InChI is InChI=1S/C17H17N3O4S2.Na/c1-7-12-11(8(2)21)15(22)20(12)13(16(23)24)14(7)26-17-18-9-4-5-19(3)6-10(9)25-17;/h4-8,11-12H,1-3H3,(H,23,24);/q;+1/p-1. The van der Waals surface area contributed by atoms with E-state index in [4.69, 9.17) is 0 Å². The van der Waals surface area contributed by atoms with Gasteiger partial charge in [-0.3, -0.25) is 4.79 Å². The van der Waals surface area contributed by atoms with Crippen LogP contribution in [0.25, 0.3) is 10.2 Å². The van der Waals surface area contributed by atoms with Gasteiger partial charge in [-0.05, 0) is 0 Å². The van der Waals surface area contributed by atoms with Crippen LogP contribution in [0.3, 0.4) is 0 Å². The van der Waals surface area contributed by atoms with Crippen LogP contribution >= 0.6 is 23.1 Å². The van der Waals surface area contributed by atoms with Crippen molar-refractivity contribution in [2.45, 2.75) is 30.3 Å². The summed E-state index contributed by atoms with van der Waals surface area (Å²) in [5, 5.41) is 23.6. The van der Waals surface area contributed by atoms with Crippen LogP contribution in [-0.2, 0) is 16.6 Å². The third-order valence-electron chi connectivity index (χ3n) is 4.94. The van der Waals surface area contributed by atoms with Gasteiger partial charge in [0.25, 0.3) is 0 Å². The van der Waals surface area contributed by atoms with Gasteiger partial charge < -0.3 is 19.9 Å². The molecule has 2 aromatic heterocycles. The van der Waals surface area contributed by atoms with Crippen molar-refractivity contribution in [2.75, 3.05) is 0 Å². The minimum atomic E-state index is -1.39. The van der Waals surface area contributed by atoms with E-state index >= 15 is 0 Å². The molecule has 0 aromatic carbocycles. The SMILES string of the molecule is CC([O-])C1C(=O)N2C(C(=O)[O-])=C(Sc3nc4cc[n+](C)cc4s3)C(C)C12.[Na+]. The summed E-state index contributed by atoms with van der Waals surface area (Å²) in [6, 6.07) is 1.49. The van der Waals surface area contributed by atoms with Gasteiger partial charge in [0.2, 0.25) is 5.91 Å². The Morgan fingerprint density at radius 2 is 2.19 bits per heavy atom. The molecule has 4 atom stereocenters. The maximum Gasteiger partial charge on any atom is 1.00 e. The van der Waals surface area contributed by atoms with E-state index in [1.165, 1.54) is 34.9 Å². The van der Waals surface area contributed by atoms with Crippen molar-refractivity contribution in [2.24, 2.45) is 18.9 Å². The van der Waals surface area contributed by atoms with Gasteiger partial charge in [0.1, 0.15) is 11.7 Å². The zero-order chi connectivity index (χ0) is 18.7. The van der Waals surface area contributed by atoms with Crippen LogP contribution in [-0.4, -0.2) is 33.9 Å². The number of thiazole rings is 1. The molecule has 4 unspecified atom stereocenters. The van der Waals surface area contributed by atoms with E-state index < -0.39 is 29.9 Å². The number of thioether (sulfide) groups is 1. The van der Waals surface area contributed by atoms with Crippen LogP contribution in [0, 0.1) is 11.8 Å². The Bertz CT molecular complexity index is 974. The fraction of sp³-hybridized carbons (Fsp3) is 0.412. The van der Waals surface area contributed by atoms with Crippen LogP contribution in [0.15, 0.2) is 33.4 Å². The van der Waals surface area contributed by atoms with Crippen LogP contribution in [0.5, 0.6) is 0 Å². The molecule has 0 radical (unpaired) electrons. The number of hydrogen-bond donors (Lipinski definition) is 0. The average molecular weight is 413 g/mol. The van der Waals surface area contributed by atoms with Crippen molar-refractivity contribution in [1.29, 1.82) is 0 Å². The largest absolute Gasteiger partial charge is 1.00 e. The first kappa shape index (κ1) is 20.8. The van der Waals surface area contributed by atoms with Crippen LogP contribution in [0.4, 0.5) is 0 Å². The second-order valence-corrected chi connectivity index (χ2v) is 8.98. The fourth-order valence-electron chi connectivity index (χ4n) is 3.72. The number of hydrogen-bond acceptors (Lipinski definition) is 7. The molecule has 1 amide bonds. The summed E-state index contributed by atoms with van der Waals surface area (Å²) in [6.07, 6.45) is 2.78. The Morgan fingerprint density at radius 1 is 1.48 bits per heavy atom. The molecule has 0 N–H and O–H groups in total. The van der Waals surface area contributed by atoms with Crippen molar-refractivity contribution in [1.82, 2.24) is 9.88 Å². The van der Waals surface area contributed by atoms with Gasteiger partial charge in [0, 0.05) is 22.8 Å². The van der Waals surface area contributed by atoms with Crippen molar-refractivity contribution >= 4 is 45.2 Å². The molecular weight excluding hydrogens is 397 g/mol. The molecule has 2 aromatic rings. The molecule has 4 rings (SSSR count). The molecule has 27 heavy (non-hydrogen) atoms. The minimum Gasteiger partial charge on any atom is -0.852 e. The van der Waals surface area contributed by atoms with E-state index in [1.807, 2.05) is 37.0 Å². The monoisotopic (exact) mass is 413 g/mol. The summed E-state index contributed by atoms with van der Waals surface area (Å²) < 4.78 is 3.61. The normalized spacial score (nSPS) is 25.3. The van der Waals surface area contributed by atoms with Gasteiger partial charge in [0.15, 0.2) is 16.7 Å². The third-order valence-corrected chi connectivity index (χ3v) is 7.29. The van der Waals surface area contributed by atoms with E-state index in [9.17, 15) is 19.8 Å². The summed E-state index contributed by atoms with van der Waals surface area (Å²) in [5.41, 5.74) is 0.724. The number of nitrogens with zero attached hydrogens (tertiary/aromatic N) is 3. The first-order chi connectivity index (χ1) is 12.3. The molecule has 2 aliphatic rings. The smallest absolute Gasteiger partial charge is 0.852 e. The number of fused-ring (bicyclic) bond motifs is 2. The Kier molecular flexibility index (Phi) is 5.73. The number of aliphatic carboxylic acids is 1. The van der Waals surface area contributed by atoms with Gasteiger partial charge >= 0.3 is 29.6 Å². The Morgan fingerprint density at radius 3 is 2.81 bits per heavy atom. The molecule has 4 heterocycles. The fourth-order valence-corrected chi connectivity index (χ4v) is 6.13. The molecular formula is C17H16N3NaO4S2. The van der Waals surface area contributed by atoms with Gasteiger partial charge in [-0.1, -0.05) is 25.6 Å². The second-order valence-electron chi connectivity index (χ2n) is 6.66. The van der Waals surface area contributed by atoms with Gasteiger partial charge in [0.05, 0.1) is 23.2 Å². The number of aromatic nitrogens is 2. The Balaban J connectivity index is 0.00000210. The molecule has 2 aliphatic heterocycles. The molecule has 1 saturated heterocycles. The van der Waals surface area contributed by atoms with Gasteiger partial charge in [-0.2, -0.15) is 0 Å². The first-order valence-corrected chi connectivity index (χ1v) is 9.81. The molecule has 0 aliphatic carbocycles. The Hall–Kier alpha value is -0.970. The number of carboxylic acid groups (broad SMARTS) is 1. The summed E-state index contributed by atoms with van der Waals surface area (Å²) in [5.74, 6) is -2.74. The number of pyridine rings is 1. The average Bonchev–Trinajstić information content (AvgIpc) is 3.05. The number of amides is 1. The maximum atomic E-state index is 12.3. The maximum absolute atomic E-state index is 12.3. The van der Waals surface area contributed by atoms with Gasteiger partial charge in [-0.15, -0.1) is 17.4 Å². The number of β-lactam (4-membered cyclic amide) rings is 1. The summed E-state index contributed by atoms with van der Waals surface area (Å²) >= 11 is 2.71. The van der Waals surface area contributed by atoms with Crippen LogP contribution < -0.4 is 44.3 Å².